The Morgan fingerprint density at radius 3 is 1.59 bits per heavy atom. The summed E-state index contributed by atoms with van der Waals surface area (Å²) in [6.45, 7) is 4.62. The van der Waals surface area contributed by atoms with Crippen LogP contribution in [0.1, 0.15) is 0 Å². The Morgan fingerprint density at radius 2 is 1.18 bits per heavy atom. The van der Waals surface area contributed by atoms with Crippen molar-refractivity contribution in [2.75, 3.05) is 0 Å². The molecule has 0 unspecified atom stereocenters. The Kier molecular flexibility index (Phi) is 4.33. The fourth-order valence-electron chi connectivity index (χ4n) is 2.23. The molecule has 0 radical (unpaired) electrons. The fourth-order valence-corrected chi connectivity index (χ4v) is 2.23. The maximum atomic E-state index is 4.68. The Morgan fingerprint density at radius 1 is 0.727 bits per heavy atom. The molecule has 0 fully saturated rings. The van der Waals surface area contributed by atoms with Crippen molar-refractivity contribution >= 4 is 19.5 Å². The lowest BCUT2D eigenvalue weighted by Gasteiger charge is -2.09. The second kappa shape index (κ2) is 6.56. The lowest BCUT2D eigenvalue weighted by Crippen LogP contribution is -2.38. The summed E-state index contributed by atoms with van der Waals surface area (Å²) in [5.41, 5.74) is 2.90. The molecule has 2 aromatic carbocycles. The first kappa shape index (κ1) is 14.5. The van der Waals surface area contributed by atoms with E-state index in [9.17, 15) is 0 Å². The van der Waals surface area contributed by atoms with Gasteiger partial charge in [-0.3, -0.25) is 0 Å². The van der Waals surface area contributed by atoms with Gasteiger partial charge in [0, 0.05) is 11.1 Å². The van der Waals surface area contributed by atoms with E-state index in [2.05, 4.69) is 28.6 Å². The molecule has 5 heteroatoms. The average Bonchev–Trinajstić information content (AvgIpc) is 2.62. The molecule has 0 spiro atoms. The zero-order valence-corrected chi connectivity index (χ0v) is 12.9. The van der Waals surface area contributed by atoms with Crippen LogP contribution in [0.2, 0.25) is 13.6 Å². The smallest absolute Gasteiger partial charge is 0.186 e. The molecule has 0 aliphatic rings. The molecule has 0 saturated carbocycles. The summed E-state index contributed by atoms with van der Waals surface area (Å²) in [6, 6.07) is 20.1. The van der Waals surface area contributed by atoms with Gasteiger partial charge in [-0.2, -0.15) is 0 Å². The van der Waals surface area contributed by atoms with Gasteiger partial charge in [0.05, 0.1) is 12.9 Å². The van der Waals surface area contributed by atoms with E-state index < -0.39 is 0 Å². The maximum Gasteiger partial charge on any atom is 0.186 e. The van der Waals surface area contributed by atoms with E-state index in [4.69, 9.17) is 0 Å². The highest BCUT2D eigenvalue weighted by Crippen LogP contribution is 2.18. The van der Waals surface area contributed by atoms with Gasteiger partial charge in [-0.1, -0.05) is 74.3 Å². The van der Waals surface area contributed by atoms with Crippen LogP contribution in [0.5, 0.6) is 0 Å². The molecule has 3 aromatic rings. The van der Waals surface area contributed by atoms with Crippen molar-refractivity contribution < 1.29 is 0 Å². The highest BCUT2D eigenvalue weighted by molar-refractivity contribution is 7.17. The van der Waals surface area contributed by atoms with Crippen LogP contribution in [0.25, 0.3) is 22.8 Å². The molecule has 22 heavy (non-hydrogen) atoms. The zero-order valence-electron chi connectivity index (χ0n) is 12.9. The Labute approximate surface area is 132 Å². The molecule has 0 aliphatic carbocycles. The minimum absolute atomic E-state index is 0.313. The first-order chi connectivity index (χ1) is 10.8. The standard InChI is InChI=1S/C17H17B2N3/c1-18-19(2)17-21-15(13-9-5-3-6-10-13)20-16(22-17)14-11-7-4-8-12-14/h3-12,18H,1-2H3. The third-order valence-corrected chi connectivity index (χ3v) is 3.77. The van der Waals surface area contributed by atoms with Gasteiger partial charge in [0.25, 0.3) is 0 Å². The number of hydrogen-bond donors (Lipinski definition) is 0. The molecular formula is C17H17B2N3. The van der Waals surface area contributed by atoms with E-state index in [0.29, 0.717) is 6.60 Å². The quantitative estimate of drug-likeness (QED) is 0.691. The van der Waals surface area contributed by atoms with Crippen LogP contribution in [0.4, 0.5) is 0 Å². The van der Waals surface area contributed by atoms with Crippen molar-refractivity contribution in [3.8, 4) is 22.8 Å². The third kappa shape index (κ3) is 3.08. The summed E-state index contributed by atoms with van der Waals surface area (Å²) in [4.78, 5) is 14.0. The van der Waals surface area contributed by atoms with E-state index in [1.807, 2.05) is 60.7 Å². The van der Waals surface area contributed by atoms with Crippen LogP contribution in [-0.4, -0.2) is 28.7 Å². The van der Waals surface area contributed by atoms with E-state index in [1.54, 1.807) is 0 Å². The van der Waals surface area contributed by atoms with Gasteiger partial charge in [-0.15, -0.1) is 0 Å². The van der Waals surface area contributed by atoms with E-state index in [1.165, 1.54) is 0 Å². The first-order valence-electron chi connectivity index (χ1n) is 7.64. The lowest BCUT2D eigenvalue weighted by molar-refractivity contribution is 1.10. The van der Waals surface area contributed by atoms with Gasteiger partial charge in [0.15, 0.2) is 18.3 Å². The number of benzene rings is 2. The highest BCUT2D eigenvalue weighted by atomic mass is 15.0. The van der Waals surface area contributed by atoms with Crippen molar-refractivity contribution in [3.05, 3.63) is 60.7 Å². The average molecular weight is 285 g/mol. The summed E-state index contributed by atoms with van der Waals surface area (Å²) in [7, 11) is 1.01. The van der Waals surface area contributed by atoms with Crippen molar-refractivity contribution in [3.63, 3.8) is 0 Å². The summed E-state index contributed by atoms with van der Waals surface area (Å²) in [6.07, 6.45) is 0. The molecule has 1 heterocycles. The third-order valence-electron chi connectivity index (χ3n) is 3.77. The molecule has 3 rings (SSSR count). The van der Waals surface area contributed by atoms with Gasteiger partial charge in [-0.05, 0) is 0 Å². The minimum Gasteiger partial charge on any atom is -0.225 e. The van der Waals surface area contributed by atoms with E-state index in [-0.39, 0.29) is 0 Å². The Hall–Kier alpha value is -2.42. The summed E-state index contributed by atoms with van der Waals surface area (Å²) in [5, 5.41) is 0. The van der Waals surface area contributed by atoms with Crippen LogP contribution in [0.15, 0.2) is 60.7 Å². The second-order valence-corrected chi connectivity index (χ2v) is 5.38. The topological polar surface area (TPSA) is 38.7 Å². The van der Waals surface area contributed by atoms with Crippen LogP contribution in [0.3, 0.4) is 0 Å². The van der Waals surface area contributed by atoms with Gasteiger partial charge in [0.2, 0.25) is 0 Å². The van der Waals surface area contributed by atoms with Gasteiger partial charge in [0.1, 0.15) is 0 Å². The van der Waals surface area contributed by atoms with Crippen molar-refractivity contribution in [2.24, 2.45) is 0 Å². The SMILES string of the molecule is CBB(C)c1nc(-c2ccccc2)nc(-c2ccccc2)n1. The summed E-state index contributed by atoms with van der Waals surface area (Å²) < 4.78 is 0. The second-order valence-electron chi connectivity index (χ2n) is 5.38. The molecule has 0 amide bonds. The summed E-state index contributed by atoms with van der Waals surface area (Å²) in [5.74, 6) is 1.48. The zero-order chi connectivity index (χ0) is 15.4. The molecule has 0 N–H and O–H groups in total. The molecule has 106 valence electrons. The van der Waals surface area contributed by atoms with Crippen molar-refractivity contribution in [1.29, 1.82) is 0 Å². The Balaban J connectivity index is 2.14. The fraction of sp³-hybridized carbons (Fsp3) is 0.118. The minimum atomic E-state index is 0.313. The van der Waals surface area contributed by atoms with Gasteiger partial charge in [-0.25, -0.2) is 15.0 Å². The molecule has 0 aliphatic heterocycles. The maximum absolute atomic E-state index is 4.68. The predicted molar refractivity (Wildman–Crippen MR) is 95.0 cm³/mol. The molecule has 3 nitrogen and oxygen atoms in total. The van der Waals surface area contributed by atoms with Gasteiger partial charge >= 0.3 is 0 Å². The molecular weight excluding hydrogens is 268 g/mol. The highest BCUT2D eigenvalue weighted by Gasteiger charge is 2.16. The number of aromatic nitrogens is 3. The van der Waals surface area contributed by atoms with Crippen LogP contribution >= 0.6 is 0 Å². The number of rotatable bonds is 4. The number of nitrogens with zero attached hydrogens (tertiary/aromatic N) is 3. The number of hydrogen-bond acceptors (Lipinski definition) is 3. The van der Waals surface area contributed by atoms with Crippen LogP contribution < -0.4 is 5.72 Å². The van der Waals surface area contributed by atoms with Crippen molar-refractivity contribution in [1.82, 2.24) is 15.0 Å². The van der Waals surface area contributed by atoms with E-state index >= 15 is 0 Å². The molecule has 1 aromatic heterocycles. The normalized spacial score (nSPS) is 10.3. The predicted octanol–water partition coefficient (Wildman–Crippen LogP) is 2.52. The first-order valence-corrected chi connectivity index (χ1v) is 7.64. The molecule has 0 bridgehead atoms. The summed E-state index contributed by atoms with van der Waals surface area (Å²) >= 11 is 0. The van der Waals surface area contributed by atoms with Gasteiger partial charge < -0.3 is 0 Å². The lowest BCUT2D eigenvalue weighted by atomic mass is 9.23. The molecule has 0 saturated heterocycles. The monoisotopic (exact) mass is 285 g/mol. The Bertz CT molecular complexity index is 691. The van der Waals surface area contributed by atoms with Crippen LogP contribution in [-0.2, 0) is 0 Å². The van der Waals surface area contributed by atoms with E-state index in [0.717, 1.165) is 35.7 Å². The largest absolute Gasteiger partial charge is 0.225 e. The van der Waals surface area contributed by atoms with Crippen LogP contribution in [0, 0.1) is 0 Å². The molecule has 0 atom stereocenters. The van der Waals surface area contributed by atoms with Crippen molar-refractivity contribution in [2.45, 2.75) is 13.6 Å².